The van der Waals surface area contributed by atoms with Crippen LogP contribution in [0, 0.1) is 5.92 Å². The average molecular weight is 273 g/mol. The minimum atomic E-state index is 0.213. The molecule has 0 aliphatic carbocycles. The third-order valence-corrected chi connectivity index (χ3v) is 3.74. The fourth-order valence-corrected chi connectivity index (χ4v) is 2.64. The van der Waals surface area contributed by atoms with Crippen molar-refractivity contribution in [3.63, 3.8) is 0 Å². The summed E-state index contributed by atoms with van der Waals surface area (Å²) in [4.78, 5) is 4.78. The van der Waals surface area contributed by atoms with Crippen LogP contribution in [0.2, 0.25) is 0 Å². The second kappa shape index (κ2) is 6.89. The van der Waals surface area contributed by atoms with Crippen molar-refractivity contribution in [3.05, 3.63) is 30.1 Å². The Kier molecular flexibility index (Phi) is 5.18. The van der Waals surface area contributed by atoms with Crippen LogP contribution in [-0.4, -0.2) is 15.6 Å². The zero-order valence-corrected chi connectivity index (χ0v) is 13.0. The molecule has 0 amide bonds. The van der Waals surface area contributed by atoms with Gasteiger partial charge in [0.1, 0.15) is 5.82 Å². The summed E-state index contributed by atoms with van der Waals surface area (Å²) in [5.74, 6) is 1.86. The van der Waals surface area contributed by atoms with Crippen LogP contribution < -0.4 is 5.73 Å². The summed E-state index contributed by atoms with van der Waals surface area (Å²) < 4.78 is 2.34. The van der Waals surface area contributed by atoms with Gasteiger partial charge in [-0.25, -0.2) is 4.98 Å². The fourth-order valence-electron chi connectivity index (χ4n) is 2.64. The maximum absolute atomic E-state index is 6.29. The van der Waals surface area contributed by atoms with Crippen molar-refractivity contribution in [1.82, 2.24) is 9.55 Å². The molecule has 0 fully saturated rings. The minimum absolute atomic E-state index is 0.213. The second-order valence-corrected chi connectivity index (χ2v) is 6.10. The predicted octanol–water partition coefficient (Wildman–Crippen LogP) is 3.75. The summed E-state index contributed by atoms with van der Waals surface area (Å²) >= 11 is 0. The summed E-state index contributed by atoms with van der Waals surface area (Å²) in [6.45, 7) is 7.72. The summed E-state index contributed by atoms with van der Waals surface area (Å²) in [7, 11) is 0. The molecular formula is C17H27N3. The number of para-hydroxylation sites is 2. The highest BCUT2D eigenvalue weighted by Crippen LogP contribution is 2.18. The predicted molar refractivity (Wildman–Crippen MR) is 85.8 cm³/mol. The van der Waals surface area contributed by atoms with E-state index >= 15 is 0 Å². The SMILES string of the molecule is CCCn1c(CC(N)CCC(C)C)nc2ccccc21. The fraction of sp³-hybridized carbons (Fsp3) is 0.588. The standard InChI is InChI=1S/C17H27N3/c1-4-11-20-16-8-6-5-7-15(16)19-17(20)12-14(18)10-9-13(2)3/h5-8,13-14H,4,9-12,18H2,1-3H3. The van der Waals surface area contributed by atoms with Gasteiger partial charge in [-0.2, -0.15) is 0 Å². The van der Waals surface area contributed by atoms with Gasteiger partial charge in [0.2, 0.25) is 0 Å². The molecule has 1 aromatic carbocycles. The van der Waals surface area contributed by atoms with Gasteiger partial charge in [0.15, 0.2) is 0 Å². The molecule has 1 atom stereocenters. The van der Waals surface area contributed by atoms with Crippen LogP contribution in [0.4, 0.5) is 0 Å². The van der Waals surface area contributed by atoms with E-state index in [4.69, 9.17) is 10.7 Å². The highest BCUT2D eigenvalue weighted by Gasteiger charge is 2.13. The Labute approximate surface area is 122 Å². The molecule has 0 aliphatic heterocycles. The van der Waals surface area contributed by atoms with Crippen molar-refractivity contribution < 1.29 is 0 Å². The first kappa shape index (κ1) is 15.0. The molecule has 2 N–H and O–H groups in total. The molecule has 3 nitrogen and oxygen atoms in total. The molecule has 1 unspecified atom stereocenters. The molecule has 1 aromatic heterocycles. The van der Waals surface area contributed by atoms with E-state index in [2.05, 4.69) is 43.5 Å². The van der Waals surface area contributed by atoms with Crippen LogP contribution in [0.25, 0.3) is 11.0 Å². The number of imidazole rings is 1. The van der Waals surface area contributed by atoms with E-state index in [0.717, 1.165) is 43.1 Å². The lowest BCUT2D eigenvalue weighted by atomic mass is 10.0. The van der Waals surface area contributed by atoms with Gasteiger partial charge in [-0.15, -0.1) is 0 Å². The first-order chi connectivity index (χ1) is 9.61. The largest absolute Gasteiger partial charge is 0.328 e. The topological polar surface area (TPSA) is 43.8 Å². The number of aryl methyl sites for hydroxylation is 1. The third kappa shape index (κ3) is 3.60. The lowest BCUT2D eigenvalue weighted by molar-refractivity contribution is 0.483. The van der Waals surface area contributed by atoms with Crippen LogP contribution in [0.1, 0.15) is 45.9 Å². The van der Waals surface area contributed by atoms with Crippen molar-refractivity contribution in [3.8, 4) is 0 Å². The molecular weight excluding hydrogens is 246 g/mol. The van der Waals surface area contributed by atoms with E-state index in [1.54, 1.807) is 0 Å². The van der Waals surface area contributed by atoms with E-state index in [-0.39, 0.29) is 6.04 Å². The Morgan fingerprint density at radius 3 is 2.65 bits per heavy atom. The van der Waals surface area contributed by atoms with Gasteiger partial charge in [0.25, 0.3) is 0 Å². The molecule has 1 heterocycles. The molecule has 110 valence electrons. The van der Waals surface area contributed by atoms with Gasteiger partial charge in [0.05, 0.1) is 11.0 Å². The quantitative estimate of drug-likeness (QED) is 0.835. The summed E-state index contributed by atoms with van der Waals surface area (Å²) in [5.41, 5.74) is 8.61. The van der Waals surface area contributed by atoms with Crippen LogP contribution in [-0.2, 0) is 13.0 Å². The van der Waals surface area contributed by atoms with Gasteiger partial charge >= 0.3 is 0 Å². The molecule has 0 saturated carbocycles. The number of benzene rings is 1. The molecule has 0 radical (unpaired) electrons. The van der Waals surface area contributed by atoms with Crippen molar-refractivity contribution in [2.75, 3.05) is 0 Å². The summed E-state index contributed by atoms with van der Waals surface area (Å²) in [5, 5.41) is 0. The first-order valence-corrected chi connectivity index (χ1v) is 7.81. The monoisotopic (exact) mass is 273 g/mol. The van der Waals surface area contributed by atoms with E-state index in [1.807, 2.05) is 6.07 Å². The van der Waals surface area contributed by atoms with Gasteiger partial charge in [-0.05, 0) is 37.3 Å². The Morgan fingerprint density at radius 1 is 1.20 bits per heavy atom. The van der Waals surface area contributed by atoms with Crippen molar-refractivity contribution in [1.29, 1.82) is 0 Å². The van der Waals surface area contributed by atoms with E-state index in [0.29, 0.717) is 0 Å². The minimum Gasteiger partial charge on any atom is -0.328 e. The van der Waals surface area contributed by atoms with Crippen LogP contribution in [0.3, 0.4) is 0 Å². The molecule has 0 aliphatic rings. The number of nitrogens with two attached hydrogens (primary N) is 1. The van der Waals surface area contributed by atoms with Gasteiger partial charge in [0, 0.05) is 19.0 Å². The number of hydrogen-bond acceptors (Lipinski definition) is 2. The molecule has 0 bridgehead atoms. The summed E-state index contributed by atoms with van der Waals surface area (Å²) in [6.07, 6.45) is 4.26. The van der Waals surface area contributed by atoms with Crippen LogP contribution in [0.15, 0.2) is 24.3 Å². The Balaban J connectivity index is 2.17. The molecule has 3 heteroatoms. The second-order valence-electron chi connectivity index (χ2n) is 6.10. The van der Waals surface area contributed by atoms with Crippen molar-refractivity contribution in [2.24, 2.45) is 11.7 Å². The van der Waals surface area contributed by atoms with E-state index in [1.165, 1.54) is 11.9 Å². The lowest BCUT2D eigenvalue weighted by Gasteiger charge is -2.14. The van der Waals surface area contributed by atoms with Crippen LogP contribution >= 0.6 is 0 Å². The molecule has 2 rings (SSSR count). The molecule has 20 heavy (non-hydrogen) atoms. The Morgan fingerprint density at radius 2 is 1.95 bits per heavy atom. The number of rotatable bonds is 7. The van der Waals surface area contributed by atoms with Crippen molar-refractivity contribution >= 4 is 11.0 Å². The number of hydrogen-bond donors (Lipinski definition) is 1. The van der Waals surface area contributed by atoms with Gasteiger partial charge in [-0.3, -0.25) is 0 Å². The third-order valence-electron chi connectivity index (χ3n) is 3.74. The smallest absolute Gasteiger partial charge is 0.111 e. The van der Waals surface area contributed by atoms with E-state index in [9.17, 15) is 0 Å². The highest BCUT2D eigenvalue weighted by atomic mass is 15.1. The number of fused-ring (bicyclic) bond motifs is 1. The Bertz CT molecular complexity index is 542. The average Bonchev–Trinajstić information content (AvgIpc) is 2.75. The Hall–Kier alpha value is -1.35. The molecule has 2 aromatic rings. The number of aromatic nitrogens is 2. The van der Waals surface area contributed by atoms with Gasteiger partial charge < -0.3 is 10.3 Å². The maximum Gasteiger partial charge on any atom is 0.111 e. The van der Waals surface area contributed by atoms with Gasteiger partial charge in [-0.1, -0.05) is 32.9 Å². The maximum atomic E-state index is 6.29. The first-order valence-electron chi connectivity index (χ1n) is 7.81. The zero-order valence-electron chi connectivity index (χ0n) is 13.0. The summed E-state index contributed by atoms with van der Waals surface area (Å²) in [6, 6.07) is 8.59. The lowest BCUT2D eigenvalue weighted by Crippen LogP contribution is -2.25. The van der Waals surface area contributed by atoms with Crippen molar-refractivity contribution in [2.45, 2.75) is 59.0 Å². The zero-order chi connectivity index (χ0) is 14.5. The van der Waals surface area contributed by atoms with Crippen LogP contribution in [0.5, 0.6) is 0 Å². The number of nitrogens with zero attached hydrogens (tertiary/aromatic N) is 2. The molecule has 0 spiro atoms. The molecule has 0 saturated heterocycles. The van der Waals surface area contributed by atoms with E-state index < -0.39 is 0 Å². The highest BCUT2D eigenvalue weighted by molar-refractivity contribution is 5.75. The normalized spacial score (nSPS) is 13.2.